The second-order valence-electron chi connectivity index (χ2n) is 4.43. The Morgan fingerprint density at radius 3 is 2.38 bits per heavy atom. The van der Waals surface area contributed by atoms with Gasteiger partial charge in [-0.1, -0.05) is 29.8 Å². The number of hydrogen-bond donors (Lipinski definition) is 1. The van der Waals surface area contributed by atoms with E-state index in [0.29, 0.717) is 5.02 Å². The van der Waals surface area contributed by atoms with Crippen LogP contribution in [0.4, 0.5) is 4.79 Å². The molecule has 2 amide bonds. The Morgan fingerprint density at radius 1 is 1.31 bits per heavy atom. The molecule has 16 heavy (non-hydrogen) atoms. The normalized spacial score (nSPS) is 11.1. The van der Waals surface area contributed by atoms with E-state index in [1.807, 2.05) is 38.1 Å². The van der Waals surface area contributed by atoms with Gasteiger partial charge in [0.15, 0.2) is 0 Å². The van der Waals surface area contributed by atoms with Gasteiger partial charge in [0, 0.05) is 19.1 Å². The molecule has 0 saturated carbocycles. The summed E-state index contributed by atoms with van der Waals surface area (Å²) in [6, 6.07) is 7.38. The van der Waals surface area contributed by atoms with Crippen LogP contribution in [-0.2, 0) is 5.54 Å². The van der Waals surface area contributed by atoms with Crippen molar-refractivity contribution in [3.05, 3.63) is 34.9 Å². The lowest BCUT2D eigenvalue weighted by Crippen LogP contribution is -2.46. The molecule has 0 aliphatic rings. The first kappa shape index (κ1) is 12.8. The lowest BCUT2D eigenvalue weighted by Gasteiger charge is -2.29. The molecule has 0 radical (unpaired) electrons. The lowest BCUT2D eigenvalue weighted by atomic mass is 9.94. The van der Waals surface area contributed by atoms with Gasteiger partial charge in [0.25, 0.3) is 0 Å². The van der Waals surface area contributed by atoms with Crippen molar-refractivity contribution in [1.82, 2.24) is 10.2 Å². The molecule has 1 N–H and O–H groups in total. The molecule has 1 aromatic carbocycles. The minimum atomic E-state index is -0.486. The molecule has 0 spiro atoms. The van der Waals surface area contributed by atoms with Crippen molar-refractivity contribution in [2.45, 2.75) is 19.4 Å². The predicted octanol–water partition coefficient (Wildman–Crippen LogP) is 2.85. The van der Waals surface area contributed by atoms with Gasteiger partial charge in [0.2, 0.25) is 0 Å². The van der Waals surface area contributed by atoms with E-state index in [-0.39, 0.29) is 6.03 Å². The van der Waals surface area contributed by atoms with E-state index in [9.17, 15) is 4.79 Å². The van der Waals surface area contributed by atoms with Crippen LogP contribution in [0.25, 0.3) is 0 Å². The van der Waals surface area contributed by atoms with Gasteiger partial charge in [-0.15, -0.1) is 0 Å². The fraction of sp³-hybridized carbons (Fsp3) is 0.417. The molecule has 0 aliphatic carbocycles. The Labute approximate surface area is 101 Å². The van der Waals surface area contributed by atoms with Crippen LogP contribution >= 0.6 is 11.6 Å². The number of benzene rings is 1. The van der Waals surface area contributed by atoms with Crippen LogP contribution < -0.4 is 5.32 Å². The third-order valence-corrected chi connectivity index (χ3v) is 2.70. The maximum absolute atomic E-state index is 11.6. The van der Waals surface area contributed by atoms with E-state index in [4.69, 9.17) is 11.6 Å². The number of hydrogen-bond acceptors (Lipinski definition) is 1. The Kier molecular flexibility index (Phi) is 3.81. The first-order valence-electron chi connectivity index (χ1n) is 5.09. The monoisotopic (exact) mass is 240 g/mol. The van der Waals surface area contributed by atoms with Crippen molar-refractivity contribution in [2.75, 3.05) is 14.1 Å². The molecular formula is C12H17ClN2O. The van der Waals surface area contributed by atoms with Crippen molar-refractivity contribution in [3.63, 3.8) is 0 Å². The average molecular weight is 241 g/mol. The van der Waals surface area contributed by atoms with Crippen LogP contribution in [0.3, 0.4) is 0 Å². The zero-order valence-corrected chi connectivity index (χ0v) is 10.8. The second-order valence-corrected chi connectivity index (χ2v) is 4.84. The molecule has 0 saturated heterocycles. The fourth-order valence-corrected chi connectivity index (χ4v) is 1.79. The molecule has 0 atom stereocenters. The lowest BCUT2D eigenvalue weighted by molar-refractivity contribution is 0.206. The van der Waals surface area contributed by atoms with Crippen LogP contribution in [0.15, 0.2) is 24.3 Å². The van der Waals surface area contributed by atoms with E-state index in [1.54, 1.807) is 14.1 Å². The van der Waals surface area contributed by atoms with Gasteiger partial charge in [0.05, 0.1) is 5.54 Å². The Morgan fingerprint density at radius 2 is 1.88 bits per heavy atom. The largest absolute Gasteiger partial charge is 0.331 e. The summed E-state index contributed by atoms with van der Waals surface area (Å²) < 4.78 is 0. The number of amides is 2. The number of rotatable bonds is 2. The number of urea groups is 1. The van der Waals surface area contributed by atoms with Crippen LogP contribution in [0.2, 0.25) is 5.02 Å². The molecule has 0 aromatic heterocycles. The molecular weight excluding hydrogens is 224 g/mol. The fourth-order valence-electron chi connectivity index (χ4n) is 1.41. The quantitative estimate of drug-likeness (QED) is 0.847. The smallest absolute Gasteiger partial charge is 0.317 e. The molecule has 4 heteroatoms. The van der Waals surface area contributed by atoms with Gasteiger partial charge in [0.1, 0.15) is 0 Å². The first-order chi connectivity index (χ1) is 7.34. The molecule has 88 valence electrons. The molecule has 3 nitrogen and oxygen atoms in total. The summed E-state index contributed by atoms with van der Waals surface area (Å²) >= 11 is 6.11. The third kappa shape index (κ3) is 2.89. The molecule has 0 aliphatic heterocycles. The van der Waals surface area contributed by atoms with Gasteiger partial charge in [-0.2, -0.15) is 0 Å². The van der Waals surface area contributed by atoms with E-state index in [2.05, 4.69) is 5.32 Å². The summed E-state index contributed by atoms with van der Waals surface area (Å²) in [6.07, 6.45) is 0. The van der Waals surface area contributed by atoms with Crippen LogP contribution in [-0.4, -0.2) is 25.0 Å². The molecule has 1 rings (SSSR count). The summed E-state index contributed by atoms with van der Waals surface area (Å²) in [6.45, 7) is 3.85. The van der Waals surface area contributed by atoms with Crippen molar-refractivity contribution < 1.29 is 4.79 Å². The van der Waals surface area contributed by atoms with Crippen molar-refractivity contribution in [3.8, 4) is 0 Å². The number of carbonyl (C=O) groups is 1. The molecule has 0 fully saturated rings. The van der Waals surface area contributed by atoms with Gasteiger partial charge >= 0.3 is 6.03 Å². The summed E-state index contributed by atoms with van der Waals surface area (Å²) in [4.78, 5) is 13.1. The summed E-state index contributed by atoms with van der Waals surface area (Å²) in [7, 11) is 3.41. The molecule has 0 unspecified atom stereocenters. The van der Waals surface area contributed by atoms with Gasteiger partial charge in [-0.3, -0.25) is 0 Å². The molecule has 0 heterocycles. The van der Waals surface area contributed by atoms with Gasteiger partial charge in [-0.25, -0.2) is 4.79 Å². The number of nitrogens with one attached hydrogen (secondary N) is 1. The number of halogens is 1. The third-order valence-electron chi connectivity index (χ3n) is 2.37. The zero-order chi connectivity index (χ0) is 12.3. The standard InChI is InChI=1S/C12H17ClN2O/c1-12(2,14-11(16)15(3)4)9-7-5-6-8-10(9)13/h5-8H,1-4H3,(H,14,16). The van der Waals surface area contributed by atoms with Gasteiger partial charge < -0.3 is 10.2 Å². The first-order valence-corrected chi connectivity index (χ1v) is 5.47. The SMILES string of the molecule is CN(C)C(=O)NC(C)(C)c1ccccc1Cl. The van der Waals surface area contributed by atoms with E-state index >= 15 is 0 Å². The highest BCUT2D eigenvalue weighted by Gasteiger charge is 2.25. The van der Waals surface area contributed by atoms with Crippen LogP contribution in [0.5, 0.6) is 0 Å². The predicted molar refractivity (Wildman–Crippen MR) is 66.7 cm³/mol. The summed E-state index contributed by atoms with van der Waals surface area (Å²) in [5.74, 6) is 0. The number of nitrogens with zero attached hydrogens (tertiary/aromatic N) is 1. The van der Waals surface area contributed by atoms with E-state index in [0.717, 1.165) is 5.56 Å². The van der Waals surface area contributed by atoms with Crippen molar-refractivity contribution >= 4 is 17.6 Å². The summed E-state index contributed by atoms with van der Waals surface area (Å²) in [5, 5.41) is 3.57. The molecule has 0 bridgehead atoms. The highest BCUT2D eigenvalue weighted by molar-refractivity contribution is 6.31. The minimum absolute atomic E-state index is 0.134. The van der Waals surface area contributed by atoms with Gasteiger partial charge in [-0.05, 0) is 25.5 Å². The highest BCUT2D eigenvalue weighted by atomic mass is 35.5. The highest BCUT2D eigenvalue weighted by Crippen LogP contribution is 2.27. The summed E-state index contributed by atoms with van der Waals surface area (Å²) in [5.41, 5.74) is 0.423. The maximum atomic E-state index is 11.6. The van der Waals surface area contributed by atoms with E-state index in [1.165, 1.54) is 4.90 Å². The Hall–Kier alpha value is -1.22. The van der Waals surface area contributed by atoms with Crippen molar-refractivity contribution in [2.24, 2.45) is 0 Å². The maximum Gasteiger partial charge on any atom is 0.317 e. The van der Waals surface area contributed by atoms with Crippen LogP contribution in [0.1, 0.15) is 19.4 Å². The van der Waals surface area contributed by atoms with E-state index < -0.39 is 5.54 Å². The zero-order valence-electron chi connectivity index (χ0n) is 10.0. The van der Waals surface area contributed by atoms with Crippen LogP contribution in [0, 0.1) is 0 Å². The number of carbonyl (C=O) groups excluding carboxylic acids is 1. The Bertz CT molecular complexity index is 388. The second kappa shape index (κ2) is 4.74. The topological polar surface area (TPSA) is 32.3 Å². The Balaban J connectivity index is 2.94. The average Bonchev–Trinajstić information content (AvgIpc) is 2.17. The minimum Gasteiger partial charge on any atom is -0.331 e. The van der Waals surface area contributed by atoms with Crippen molar-refractivity contribution in [1.29, 1.82) is 0 Å². The molecule has 1 aromatic rings.